The van der Waals surface area contributed by atoms with Crippen LogP contribution in [0.4, 0.5) is 4.39 Å². The molecule has 1 N–H and O–H groups in total. The Balaban J connectivity index is 2.14. The van der Waals surface area contributed by atoms with Crippen LogP contribution in [0.2, 0.25) is 0 Å². The van der Waals surface area contributed by atoms with Gasteiger partial charge < -0.3 is 14.4 Å². The SMILES string of the molecule is C=CCC1(C(=O)O)CC(=C(F)B2OC(C)(C)C(C)(C)O2)C1. The van der Waals surface area contributed by atoms with Crippen LogP contribution in [0.1, 0.15) is 47.0 Å². The third-order valence-corrected chi connectivity index (χ3v) is 4.89. The van der Waals surface area contributed by atoms with Crippen molar-refractivity contribution in [2.45, 2.75) is 58.2 Å². The van der Waals surface area contributed by atoms with E-state index in [1.54, 1.807) is 6.08 Å². The van der Waals surface area contributed by atoms with Gasteiger partial charge in [-0.2, -0.15) is 0 Å². The van der Waals surface area contributed by atoms with Crippen LogP contribution in [0.25, 0.3) is 0 Å². The lowest BCUT2D eigenvalue weighted by molar-refractivity contribution is -0.151. The number of hydrogen-bond donors (Lipinski definition) is 1. The van der Waals surface area contributed by atoms with Crippen molar-refractivity contribution in [3.05, 3.63) is 24.0 Å². The molecule has 2 aliphatic rings. The number of aliphatic carboxylic acids is 1. The summed E-state index contributed by atoms with van der Waals surface area (Å²) in [7, 11) is -1.04. The maximum atomic E-state index is 14.5. The smallest absolute Gasteiger partial charge is 0.481 e. The molecule has 4 nitrogen and oxygen atoms in total. The second-order valence-electron chi connectivity index (χ2n) is 6.97. The average molecular weight is 296 g/mol. The summed E-state index contributed by atoms with van der Waals surface area (Å²) in [5, 5.41) is 9.29. The van der Waals surface area contributed by atoms with E-state index in [9.17, 15) is 14.3 Å². The Morgan fingerprint density at radius 3 is 2.19 bits per heavy atom. The molecule has 0 aromatic heterocycles. The van der Waals surface area contributed by atoms with Crippen LogP contribution < -0.4 is 0 Å². The van der Waals surface area contributed by atoms with Gasteiger partial charge >= 0.3 is 13.1 Å². The number of carbonyl (C=O) groups is 1. The van der Waals surface area contributed by atoms with Gasteiger partial charge in [-0.05, 0) is 52.5 Å². The van der Waals surface area contributed by atoms with Gasteiger partial charge in [0.15, 0.2) is 0 Å². The summed E-state index contributed by atoms with van der Waals surface area (Å²) in [6.07, 6.45) is 2.27. The summed E-state index contributed by atoms with van der Waals surface area (Å²) in [5.74, 6) is -0.909. The zero-order valence-electron chi connectivity index (χ0n) is 13.0. The maximum absolute atomic E-state index is 14.5. The van der Waals surface area contributed by atoms with Crippen molar-refractivity contribution in [2.24, 2.45) is 5.41 Å². The van der Waals surface area contributed by atoms with Gasteiger partial charge in [-0.1, -0.05) is 6.08 Å². The molecule has 0 amide bonds. The van der Waals surface area contributed by atoms with Crippen molar-refractivity contribution in [2.75, 3.05) is 0 Å². The van der Waals surface area contributed by atoms with Crippen LogP contribution in [-0.2, 0) is 14.1 Å². The Kier molecular flexibility index (Phi) is 3.83. The van der Waals surface area contributed by atoms with E-state index in [1.807, 2.05) is 27.7 Å². The minimum Gasteiger partial charge on any atom is -0.481 e. The number of carboxylic acid groups (broad SMARTS) is 1. The Hall–Kier alpha value is -1.14. The summed E-state index contributed by atoms with van der Waals surface area (Å²) >= 11 is 0. The van der Waals surface area contributed by atoms with Crippen LogP contribution in [0, 0.1) is 5.41 Å². The molecular weight excluding hydrogens is 274 g/mol. The molecule has 1 saturated carbocycles. The highest BCUT2D eigenvalue weighted by molar-refractivity contribution is 6.54. The highest BCUT2D eigenvalue weighted by Crippen LogP contribution is 2.51. The van der Waals surface area contributed by atoms with Gasteiger partial charge in [0.05, 0.1) is 16.6 Å². The molecule has 1 heterocycles. The molecule has 21 heavy (non-hydrogen) atoms. The Morgan fingerprint density at radius 2 is 1.81 bits per heavy atom. The molecule has 0 atom stereocenters. The van der Waals surface area contributed by atoms with Crippen molar-refractivity contribution in [1.29, 1.82) is 0 Å². The normalized spacial score (nSPS) is 30.0. The van der Waals surface area contributed by atoms with E-state index in [0.29, 0.717) is 12.0 Å². The zero-order chi connectivity index (χ0) is 16.1. The summed E-state index contributed by atoms with van der Waals surface area (Å²) in [6, 6.07) is 0. The lowest BCUT2D eigenvalue weighted by atomic mass is 9.61. The maximum Gasteiger partial charge on any atom is 0.525 e. The van der Waals surface area contributed by atoms with Crippen LogP contribution in [0.5, 0.6) is 0 Å². The second kappa shape index (κ2) is 4.95. The summed E-state index contributed by atoms with van der Waals surface area (Å²) < 4.78 is 25.8. The fraction of sp³-hybridized carbons (Fsp3) is 0.667. The Morgan fingerprint density at radius 1 is 1.33 bits per heavy atom. The summed E-state index contributed by atoms with van der Waals surface area (Å²) in [5.41, 5.74) is -2.14. The molecule has 116 valence electrons. The third-order valence-electron chi connectivity index (χ3n) is 4.89. The van der Waals surface area contributed by atoms with Gasteiger partial charge in [-0.25, -0.2) is 4.39 Å². The van der Waals surface area contributed by atoms with E-state index in [4.69, 9.17) is 9.31 Å². The molecular formula is C15H22BFO4. The van der Waals surface area contributed by atoms with Gasteiger partial charge in [0, 0.05) is 0 Å². The van der Waals surface area contributed by atoms with Gasteiger partial charge in [-0.15, -0.1) is 6.58 Å². The number of allylic oxidation sites excluding steroid dienone is 2. The molecule has 0 radical (unpaired) electrons. The molecule has 1 aliphatic carbocycles. The predicted octanol–water partition coefficient (Wildman–Crippen LogP) is 3.28. The minimum atomic E-state index is -1.04. The van der Waals surface area contributed by atoms with E-state index >= 15 is 0 Å². The van der Waals surface area contributed by atoms with Gasteiger partial charge in [0.1, 0.15) is 5.73 Å². The van der Waals surface area contributed by atoms with Crippen LogP contribution in [0.3, 0.4) is 0 Å². The van der Waals surface area contributed by atoms with Crippen LogP contribution in [-0.4, -0.2) is 29.4 Å². The van der Waals surface area contributed by atoms with E-state index in [0.717, 1.165) is 0 Å². The van der Waals surface area contributed by atoms with Crippen LogP contribution >= 0.6 is 0 Å². The van der Waals surface area contributed by atoms with E-state index in [1.165, 1.54) is 0 Å². The predicted molar refractivity (Wildman–Crippen MR) is 78.3 cm³/mol. The second-order valence-corrected chi connectivity index (χ2v) is 6.97. The quantitative estimate of drug-likeness (QED) is 0.639. The van der Waals surface area contributed by atoms with Crippen molar-refractivity contribution >= 4 is 13.1 Å². The number of rotatable bonds is 4. The molecule has 1 aliphatic heterocycles. The lowest BCUT2D eigenvalue weighted by Crippen LogP contribution is -2.41. The first-order valence-electron chi connectivity index (χ1n) is 7.12. The number of hydrogen-bond acceptors (Lipinski definition) is 3. The standard InChI is InChI=1S/C15H22BFO4/c1-6-7-15(12(18)19)8-10(9-15)11(17)16-20-13(2,3)14(4,5)21-16/h6H,1,7-9H2,2-5H3,(H,18,19). The monoisotopic (exact) mass is 296 g/mol. The van der Waals surface area contributed by atoms with Crippen molar-refractivity contribution in [3.8, 4) is 0 Å². The molecule has 6 heteroatoms. The fourth-order valence-corrected chi connectivity index (χ4v) is 2.71. The molecule has 2 rings (SSSR count). The summed E-state index contributed by atoms with van der Waals surface area (Å²) in [6.45, 7) is 11.0. The van der Waals surface area contributed by atoms with Crippen molar-refractivity contribution in [3.63, 3.8) is 0 Å². The minimum absolute atomic E-state index is 0.185. The lowest BCUT2D eigenvalue weighted by Gasteiger charge is -2.40. The Bertz CT molecular complexity index is 486. The highest BCUT2D eigenvalue weighted by atomic mass is 19.1. The largest absolute Gasteiger partial charge is 0.525 e. The number of halogens is 1. The van der Waals surface area contributed by atoms with E-state index < -0.39 is 35.4 Å². The molecule has 0 aromatic carbocycles. The topological polar surface area (TPSA) is 55.8 Å². The molecule has 0 unspecified atom stereocenters. The highest BCUT2D eigenvalue weighted by Gasteiger charge is 2.56. The molecule has 1 saturated heterocycles. The average Bonchev–Trinajstić information content (AvgIpc) is 2.51. The summed E-state index contributed by atoms with van der Waals surface area (Å²) in [4.78, 5) is 11.3. The molecule has 2 fully saturated rings. The Labute approximate surface area is 125 Å². The van der Waals surface area contributed by atoms with Gasteiger partial charge in [-0.3, -0.25) is 4.79 Å². The van der Waals surface area contributed by atoms with Gasteiger partial charge in [0.25, 0.3) is 0 Å². The third kappa shape index (κ3) is 2.55. The van der Waals surface area contributed by atoms with E-state index in [2.05, 4.69) is 6.58 Å². The van der Waals surface area contributed by atoms with Crippen molar-refractivity contribution in [1.82, 2.24) is 0 Å². The van der Waals surface area contributed by atoms with Crippen LogP contribution in [0.15, 0.2) is 24.0 Å². The molecule has 0 spiro atoms. The first-order valence-corrected chi connectivity index (χ1v) is 7.12. The zero-order valence-corrected chi connectivity index (χ0v) is 13.0. The first-order chi connectivity index (χ1) is 9.55. The van der Waals surface area contributed by atoms with Crippen molar-refractivity contribution < 1.29 is 23.6 Å². The first kappa shape index (κ1) is 16.2. The number of carboxylic acids is 1. The molecule has 0 aromatic rings. The van der Waals surface area contributed by atoms with E-state index in [-0.39, 0.29) is 12.8 Å². The fourth-order valence-electron chi connectivity index (χ4n) is 2.71. The van der Waals surface area contributed by atoms with Gasteiger partial charge in [0.2, 0.25) is 0 Å². The molecule has 0 bridgehead atoms.